The van der Waals surface area contributed by atoms with Crippen molar-refractivity contribution in [3.8, 4) is 17.2 Å². The van der Waals surface area contributed by atoms with Gasteiger partial charge in [-0.1, -0.05) is 31.4 Å². The lowest BCUT2D eigenvalue weighted by Gasteiger charge is -2.34. The maximum Gasteiger partial charge on any atom is 0.246 e. The fourth-order valence-corrected chi connectivity index (χ4v) is 7.56. The molecular weight excluding hydrogens is 578 g/mol. The molecular formula is C28H39N5O7SSi. The van der Waals surface area contributed by atoms with E-state index in [0.717, 1.165) is 0 Å². The SMILES string of the molecule is COC1=NC(c2nnc(N(CC[Si](C)(C)C)S(=O)(=O)[C@@H](C)[C@H](O)C3CCOCC3)n2-c2c(O)cccc2OC)=C=C=C1. The van der Waals surface area contributed by atoms with Crippen LogP contribution >= 0.6 is 0 Å². The van der Waals surface area contributed by atoms with Crippen LogP contribution in [0.25, 0.3) is 11.4 Å². The first-order valence-electron chi connectivity index (χ1n) is 13.8. The highest BCUT2D eigenvalue weighted by molar-refractivity contribution is 7.93. The van der Waals surface area contributed by atoms with Crippen LogP contribution in [0.4, 0.5) is 5.95 Å². The molecule has 3 heterocycles. The average molecular weight is 618 g/mol. The number of sulfonamides is 1. The molecule has 1 aromatic carbocycles. The van der Waals surface area contributed by atoms with Gasteiger partial charge < -0.3 is 24.4 Å². The second-order valence-electron chi connectivity index (χ2n) is 11.5. The van der Waals surface area contributed by atoms with Gasteiger partial charge in [0.05, 0.1) is 26.4 Å². The molecule has 2 N–H and O–H groups in total. The second-order valence-corrected chi connectivity index (χ2v) is 19.3. The largest absolute Gasteiger partial charge is 0.506 e. The first kappa shape index (κ1) is 31.6. The Hall–Kier alpha value is -3.38. The summed E-state index contributed by atoms with van der Waals surface area (Å²) in [7, 11) is -3.09. The van der Waals surface area contributed by atoms with E-state index in [1.54, 1.807) is 12.1 Å². The van der Waals surface area contributed by atoms with E-state index in [2.05, 4.69) is 46.3 Å². The van der Waals surface area contributed by atoms with Gasteiger partial charge in [-0.3, -0.25) is 4.57 Å². The lowest BCUT2D eigenvalue weighted by Crippen LogP contribution is -2.48. The normalized spacial score (nSPS) is 17.4. The van der Waals surface area contributed by atoms with Crippen molar-refractivity contribution in [2.45, 2.75) is 56.8 Å². The molecule has 12 nitrogen and oxygen atoms in total. The molecule has 1 fully saturated rings. The molecule has 4 rings (SSSR count). The number of aromatic nitrogens is 3. The van der Waals surface area contributed by atoms with Gasteiger partial charge >= 0.3 is 0 Å². The first-order chi connectivity index (χ1) is 19.9. The zero-order chi connectivity index (χ0) is 30.7. The van der Waals surface area contributed by atoms with Crippen LogP contribution in [-0.4, -0.2) is 92.7 Å². The molecule has 2 aromatic rings. The predicted molar refractivity (Wildman–Crippen MR) is 162 cm³/mol. The summed E-state index contributed by atoms with van der Waals surface area (Å²) in [5.41, 5.74) is 6.00. The second kappa shape index (κ2) is 12.9. The third-order valence-electron chi connectivity index (χ3n) is 7.39. The van der Waals surface area contributed by atoms with Crippen molar-refractivity contribution < 1.29 is 32.8 Å². The number of hydrogen-bond donors (Lipinski definition) is 2. The van der Waals surface area contributed by atoms with E-state index >= 15 is 0 Å². The minimum absolute atomic E-state index is 0.0768. The minimum Gasteiger partial charge on any atom is -0.506 e. The summed E-state index contributed by atoms with van der Waals surface area (Å²) in [6.07, 6.45) is 1.51. The van der Waals surface area contributed by atoms with Gasteiger partial charge in [0, 0.05) is 27.8 Å². The average Bonchev–Trinajstić information content (AvgIpc) is 3.40. The number of aliphatic imine (C=N–C) groups is 1. The highest BCUT2D eigenvalue weighted by atomic mass is 32.2. The number of benzene rings is 1. The van der Waals surface area contributed by atoms with E-state index < -0.39 is 29.5 Å². The number of hydrogen-bond acceptors (Lipinski definition) is 10. The molecule has 0 radical (unpaired) electrons. The van der Waals surface area contributed by atoms with Crippen LogP contribution in [0.1, 0.15) is 25.6 Å². The Morgan fingerprint density at radius 2 is 1.90 bits per heavy atom. The van der Waals surface area contributed by atoms with Gasteiger partial charge in [-0.25, -0.2) is 17.7 Å². The van der Waals surface area contributed by atoms with Crippen molar-refractivity contribution in [2.24, 2.45) is 10.9 Å². The molecule has 2 atom stereocenters. The van der Waals surface area contributed by atoms with Gasteiger partial charge in [-0.2, -0.15) is 0 Å². The Morgan fingerprint density at radius 3 is 2.55 bits per heavy atom. The topological polar surface area (TPSA) is 149 Å². The maximum atomic E-state index is 14.4. The van der Waals surface area contributed by atoms with E-state index in [1.165, 1.54) is 42.2 Å². The lowest BCUT2D eigenvalue weighted by atomic mass is 9.92. The van der Waals surface area contributed by atoms with E-state index in [9.17, 15) is 18.6 Å². The lowest BCUT2D eigenvalue weighted by molar-refractivity contribution is 0.00812. The van der Waals surface area contributed by atoms with Gasteiger partial charge in [0.2, 0.25) is 21.9 Å². The molecule has 0 bridgehead atoms. The van der Waals surface area contributed by atoms with Crippen LogP contribution in [0, 0.1) is 5.92 Å². The van der Waals surface area contributed by atoms with Crippen LogP contribution in [-0.2, 0) is 19.5 Å². The van der Waals surface area contributed by atoms with Crippen molar-refractivity contribution >= 4 is 35.6 Å². The summed E-state index contributed by atoms with van der Waals surface area (Å²) in [4.78, 5) is 4.41. The number of rotatable bonds is 11. The molecule has 2 aliphatic rings. The van der Waals surface area contributed by atoms with Crippen molar-refractivity contribution in [2.75, 3.05) is 38.3 Å². The standard InChI is InChI=1S/C28H39N5O7SSi/c1-19(26(35)20-13-16-40-17-14-20)41(36,37)32(15-18-42(4,5)6)28-31-30-27(21-9-7-12-24(29-21)39-3)33(28)25-22(34)10-8-11-23(25)38-2/h8,10-12,19-20,26,34-35H,13-18H2,1-6H3/t19-,26-/m0/s1. The summed E-state index contributed by atoms with van der Waals surface area (Å²) in [5, 5.41) is 29.9. The van der Waals surface area contributed by atoms with Gasteiger partial charge in [0.1, 0.15) is 22.4 Å². The van der Waals surface area contributed by atoms with Gasteiger partial charge in [0.25, 0.3) is 0 Å². The van der Waals surface area contributed by atoms with Gasteiger partial charge in [-0.05, 0) is 49.6 Å². The smallest absolute Gasteiger partial charge is 0.246 e. The number of ether oxygens (including phenoxy) is 3. The number of methoxy groups -OCH3 is 2. The summed E-state index contributed by atoms with van der Waals surface area (Å²) < 4.78 is 47.7. The molecule has 0 spiro atoms. The van der Waals surface area contributed by atoms with Crippen molar-refractivity contribution in [3.63, 3.8) is 0 Å². The highest BCUT2D eigenvalue weighted by Crippen LogP contribution is 2.38. The quantitative estimate of drug-likeness (QED) is 0.286. The molecule has 14 heteroatoms. The van der Waals surface area contributed by atoms with Crippen LogP contribution in [0.2, 0.25) is 25.7 Å². The molecule has 42 heavy (non-hydrogen) atoms. The van der Waals surface area contributed by atoms with E-state index in [0.29, 0.717) is 32.1 Å². The fraction of sp³-hybridized carbons (Fsp3) is 0.536. The van der Waals surface area contributed by atoms with Crippen LogP contribution < -0.4 is 9.04 Å². The van der Waals surface area contributed by atoms with Crippen molar-refractivity contribution in [3.05, 3.63) is 41.6 Å². The number of nitrogens with zero attached hydrogens (tertiary/aromatic N) is 5. The molecule has 1 aromatic heterocycles. The first-order valence-corrected chi connectivity index (χ1v) is 19.0. The van der Waals surface area contributed by atoms with E-state index in [-0.39, 0.29) is 53.0 Å². The number of anilines is 1. The Morgan fingerprint density at radius 1 is 1.19 bits per heavy atom. The van der Waals surface area contributed by atoms with Crippen LogP contribution in [0.15, 0.2) is 40.7 Å². The van der Waals surface area contributed by atoms with Gasteiger partial charge in [-0.15, -0.1) is 10.2 Å². The summed E-state index contributed by atoms with van der Waals surface area (Å²) in [5.74, 6) is 0.0851. The highest BCUT2D eigenvalue weighted by Gasteiger charge is 2.41. The zero-order valence-electron chi connectivity index (χ0n) is 24.9. The predicted octanol–water partition coefficient (Wildman–Crippen LogP) is 3.34. The molecule has 1 saturated heterocycles. The number of aliphatic hydroxyl groups is 1. The van der Waals surface area contributed by atoms with Crippen LogP contribution in [0.3, 0.4) is 0 Å². The number of aromatic hydroxyl groups is 1. The van der Waals surface area contributed by atoms with E-state index in [1.807, 2.05) is 0 Å². The Balaban J connectivity index is 1.94. The maximum absolute atomic E-state index is 14.4. The summed E-state index contributed by atoms with van der Waals surface area (Å²) in [6, 6.07) is 5.30. The third-order valence-corrected chi connectivity index (χ3v) is 11.3. The Bertz CT molecular complexity index is 1530. The zero-order valence-corrected chi connectivity index (χ0v) is 26.7. The molecule has 2 aliphatic heterocycles. The third kappa shape index (κ3) is 6.64. The monoisotopic (exact) mass is 617 g/mol. The van der Waals surface area contributed by atoms with Crippen LogP contribution in [0.5, 0.6) is 11.5 Å². The Labute approximate surface area is 247 Å². The molecule has 0 amide bonds. The molecule has 0 saturated carbocycles. The number of para-hydroxylation sites is 1. The summed E-state index contributed by atoms with van der Waals surface area (Å²) in [6.45, 7) is 8.99. The fourth-order valence-electron chi connectivity index (χ4n) is 4.84. The molecule has 0 aliphatic carbocycles. The number of phenolic OH excluding ortho intramolecular Hbond substituents is 1. The van der Waals surface area contributed by atoms with Crippen molar-refractivity contribution in [1.82, 2.24) is 14.8 Å². The van der Waals surface area contributed by atoms with E-state index in [4.69, 9.17) is 14.2 Å². The van der Waals surface area contributed by atoms with Gasteiger partial charge in [0.15, 0.2) is 11.5 Å². The molecule has 228 valence electrons. The number of aliphatic hydroxyl groups excluding tert-OH is 1. The summed E-state index contributed by atoms with van der Waals surface area (Å²) >= 11 is 0. The van der Waals surface area contributed by atoms with Crippen molar-refractivity contribution in [1.29, 1.82) is 0 Å². The minimum atomic E-state index is -4.21. The Kier molecular flexibility index (Phi) is 9.66. The molecule has 0 unspecified atom stereocenters. The number of phenols is 1.